The molecule has 6 nitrogen and oxygen atoms in total. The third-order valence-electron chi connectivity index (χ3n) is 4.78. The number of nitrogens with one attached hydrogen (secondary N) is 1. The fourth-order valence-electron chi connectivity index (χ4n) is 3.03. The van der Waals surface area contributed by atoms with Gasteiger partial charge in [-0.2, -0.15) is 0 Å². The molecule has 3 aromatic carbocycles. The number of halogens is 3. The summed E-state index contributed by atoms with van der Waals surface area (Å²) in [4.78, 5) is 10.3. The van der Waals surface area contributed by atoms with Crippen molar-refractivity contribution in [2.24, 2.45) is 0 Å². The van der Waals surface area contributed by atoms with Crippen molar-refractivity contribution < 1.29 is 14.4 Å². The topological polar surface area (TPSA) is 73.6 Å². The van der Waals surface area contributed by atoms with E-state index < -0.39 is 4.92 Å². The fraction of sp³-hybridized carbons (Fsp3) is 0.217. The van der Waals surface area contributed by atoms with Crippen LogP contribution in [0.3, 0.4) is 0 Å². The van der Waals surface area contributed by atoms with Crippen LogP contribution in [0, 0.1) is 10.1 Å². The monoisotopic (exact) mass is 538 g/mol. The number of ether oxygens (including phenoxy) is 2. The predicted octanol–water partition coefficient (Wildman–Crippen LogP) is 6.58. The van der Waals surface area contributed by atoms with Crippen LogP contribution in [-0.2, 0) is 19.6 Å². The first-order valence-corrected chi connectivity index (χ1v) is 11.3. The van der Waals surface area contributed by atoms with Crippen molar-refractivity contribution in [3.05, 3.63) is 95.9 Å². The standard InChI is InChI=1S/C23H21BrCl2N2O4/c1-31-22-10-17(13-27-9-8-16-4-5-18(25)11-21(16)26)20(24)12-23(22)32-14-15-2-6-19(7-3-15)28(29)30/h2-7,10-12,27H,8-9,13-14H2,1H3. The van der Waals surface area contributed by atoms with E-state index in [0.29, 0.717) is 28.1 Å². The van der Waals surface area contributed by atoms with Crippen LogP contribution < -0.4 is 14.8 Å². The van der Waals surface area contributed by atoms with Crippen LogP contribution in [-0.4, -0.2) is 18.6 Å². The number of rotatable bonds is 10. The van der Waals surface area contributed by atoms with Crippen molar-refractivity contribution in [3.8, 4) is 11.5 Å². The summed E-state index contributed by atoms with van der Waals surface area (Å²) in [5, 5.41) is 15.5. The minimum Gasteiger partial charge on any atom is -0.493 e. The third-order valence-corrected chi connectivity index (χ3v) is 6.10. The van der Waals surface area contributed by atoms with E-state index in [1.165, 1.54) is 12.1 Å². The number of methoxy groups -OCH3 is 1. The molecule has 3 rings (SSSR count). The molecule has 0 aliphatic rings. The van der Waals surface area contributed by atoms with Crippen LogP contribution in [0.25, 0.3) is 0 Å². The van der Waals surface area contributed by atoms with Crippen molar-refractivity contribution in [1.82, 2.24) is 5.32 Å². The molecule has 0 aromatic heterocycles. The molecule has 0 radical (unpaired) electrons. The van der Waals surface area contributed by atoms with Crippen molar-refractivity contribution >= 4 is 44.8 Å². The SMILES string of the molecule is COc1cc(CNCCc2ccc(Cl)cc2Cl)c(Br)cc1OCc1ccc([N+](=O)[O-])cc1. The molecular formula is C23H21BrCl2N2O4. The van der Waals surface area contributed by atoms with E-state index in [9.17, 15) is 10.1 Å². The number of nitro benzene ring substituents is 1. The number of nitro groups is 1. The molecule has 0 fully saturated rings. The lowest BCUT2D eigenvalue weighted by Crippen LogP contribution is -2.17. The molecule has 0 spiro atoms. The molecule has 168 valence electrons. The number of hydrogen-bond acceptors (Lipinski definition) is 5. The molecule has 1 N–H and O–H groups in total. The molecule has 0 aliphatic heterocycles. The summed E-state index contributed by atoms with van der Waals surface area (Å²) < 4.78 is 12.3. The lowest BCUT2D eigenvalue weighted by molar-refractivity contribution is -0.384. The van der Waals surface area contributed by atoms with E-state index in [1.807, 2.05) is 24.3 Å². The van der Waals surface area contributed by atoms with Crippen LogP contribution in [0.4, 0.5) is 5.69 Å². The van der Waals surface area contributed by atoms with Gasteiger partial charge in [-0.1, -0.05) is 45.2 Å². The van der Waals surface area contributed by atoms with Gasteiger partial charge < -0.3 is 14.8 Å². The van der Waals surface area contributed by atoms with Crippen LogP contribution in [0.5, 0.6) is 11.5 Å². The van der Waals surface area contributed by atoms with Crippen molar-refractivity contribution in [3.63, 3.8) is 0 Å². The first-order valence-electron chi connectivity index (χ1n) is 9.74. The van der Waals surface area contributed by atoms with Crippen LogP contribution in [0.1, 0.15) is 16.7 Å². The summed E-state index contributed by atoms with van der Waals surface area (Å²) in [6, 6.07) is 15.5. The van der Waals surface area contributed by atoms with E-state index in [4.69, 9.17) is 32.7 Å². The molecule has 0 saturated carbocycles. The van der Waals surface area contributed by atoms with Crippen LogP contribution in [0.2, 0.25) is 10.0 Å². The Labute approximate surface area is 204 Å². The second kappa shape index (κ2) is 11.5. The van der Waals surface area contributed by atoms with E-state index in [1.54, 1.807) is 25.3 Å². The van der Waals surface area contributed by atoms with Gasteiger partial charge in [0.05, 0.1) is 12.0 Å². The zero-order valence-electron chi connectivity index (χ0n) is 17.2. The minimum atomic E-state index is -0.429. The summed E-state index contributed by atoms with van der Waals surface area (Å²) in [7, 11) is 1.59. The van der Waals surface area contributed by atoms with Gasteiger partial charge in [-0.15, -0.1) is 0 Å². The minimum absolute atomic E-state index is 0.0456. The summed E-state index contributed by atoms with van der Waals surface area (Å²) >= 11 is 15.8. The number of benzene rings is 3. The van der Waals surface area contributed by atoms with Gasteiger partial charge in [0.1, 0.15) is 6.61 Å². The molecule has 0 bridgehead atoms. The molecule has 0 heterocycles. The summed E-state index contributed by atoms with van der Waals surface area (Å²) in [5.41, 5.74) is 2.92. The number of hydrogen-bond donors (Lipinski definition) is 1. The molecule has 9 heteroatoms. The highest BCUT2D eigenvalue weighted by molar-refractivity contribution is 9.10. The first kappa shape index (κ1) is 24.3. The average molecular weight is 540 g/mol. The maximum atomic E-state index is 10.8. The van der Waals surface area contributed by atoms with Crippen LogP contribution in [0.15, 0.2) is 59.1 Å². The quantitative estimate of drug-likeness (QED) is 0.179. The second-order valence-corrected chi connectivity index (χ2v) is 8.67. The van der Waals surface area contributed by atoms with Gasteiger partial charge in [0.15, 0.2) is 11.5 Å². The normalized spacial score (nSPS) is 10.8. The van der Waals surface area contributed by atoms with Gasteiger partial charge in [-0.3, -0.25) is 10.1 Å². The Morgan fingerprint density at radius 1 is 1.03 bits per heavy atom. The van der Waals surface area contributed by atoms with Crippen LogP contribution >= 0.6 is 39.1 Å². The Bertz CT molecular complexity index is 1090. The van der Waals surface area contributed by atoms with E-state index >= 15 is 0 Å². The molecule has 0 saturated heterocycles. The second-order valence-electron chi connectivity index (χ2n) is 6.97. The van der Waals surface area contributed by atoms with Gasteiger partial charge in [0.2, 0.25) is 0 Å². The van der Waals surface area contributed by atoms with Crippen molar-refractivity contribution in [2.75, 3.05) is 13.7 Å². The molecular weight excluding hydrogens is 519 g/mol. The molecule has 0 aliphatic carbocycles. The highest BCUT2D eigenvalue weighted by Gasteiger charge is 2.12. The lowest BCUT2D eigenvalue weighted by Gasteiger charge is -2.15. The highest BCUT2D eigenvalue weighted by atomic mass is 79.9. The maximum Gasteiger partial charge on any atom is 0.269 e. The Morgan fingerprint density at radius 3 is 2.44 bits per heavy atom. The zero-order chi connectivity index (χ0) is 23.1. The smallest absolute Gasteiger partial charge is 0.269 e. The van der Waals surface area contributed by atoms with E-state index in [0.717, 1.165) is 34.1 Å². The van der Waals surface area contributed by atoms with E-state index in [-0.39, 0.29) is 12.3 Å². The summed E-state index contributed by atoms with van der Waals surface area (Å²) in [6.07, 6.45) is 0.779. The average Bonchev–Trinajstić information content (AvgIpc) is 2.77. The number of nitrogens with zero attached hydrogens (tertiary/aromatic N) is 1. The molecule has 0 unspecified atom stereocenters. The Morgan fingerprint density at radius 2 is 1.78 bits per heavy atom. The third kappa shape index (κ3) is 6.59. The highest BCUT2D eigenvalue weighted by Crippen LogP contribution is 2.34. The fourth-order valence-corrected chi connectivity index (χ4v) is 4.00. The lowest BCUT2D eigenvalue weighted by atomic mass is 10.1. The summed E-state index contributed by atoms with van der Waals surface area (Å²) in [5.74, 6) is 1.18. The maximum absolute atomic E-state index is 10.8. The van der Waals surface area contributed by atoms with Gasteiger partial charge in [0, 0.05) is 33.2 Å². The van der Waals surface area contributed by atoms with E-state index in [2.05, 4.69) is 21.2 Å². The molecule has 3 aromatic rings. The Hall–Kier alpha value is -2.32. The molecule has 0 amide bonds. The Kier molecular flexibility index (Phi) is 8.75. The van der Waals surface area contributed by atoms with Gasteiger partial charge in [0.25, 0.3) is 5.69 Å². The Balaban J connectivity index is 1.58. The largest absolute Gasteiger partial charge is 0.493 e. The van der Waals surface area contributed by atoms with Crippen molar-refractivity contribution in [2.45, 2.75) is 19.6 Å². The zero-order valence-corrected chi connectivity index (χ0v) is 20.3. The van der Waals surface area contributed by atoms with Crippen molar-refractivity contribution in [1.29, 1.82) is 0 Å². The molecule has 32 heavy (non-hydrogen) atoms. The number of non-ortho nitro benzene ring substituents is 1. The predicted molar refractivity (Wildman–Crippen MR) is 130 cm³/mol. The first-order chi connectivity index (χ1) is 15.4. The molecule has 0 atom stereocenters. The van der Waals surface area contributed by atoms with Gasteiger partial charge in [-0.05, 0) is 66.1 Å². The van der Waals surface area contributed by atoms with Gasteiger partial charge >= 0.3 is 0 Å². The van der Waals surface area contributed by atoms with Gasteiger partial charge in [-0.25, -0.2) is 0 Å². The summed E-state index contributed by atoms with van der Waals surface area (Å²) in [6.45, 7) is 1.64.